The summed E-state index contributed by atoms with van der Waals surface area (Å²) in [6.07, 6.45) is 2.86. The second-order valence-electron chi connectivity index (χ2n) is 6.37. The highest BCUT2D eigenvalue weighted by molar-refractivity contribution is 7.10. The molecule has 1 aromatic carbocycles. The molecule has 1 saturated heterocycles. The van der Waals surface area contributed by atoms with Gasteiger partial charge in [0.25, 0.3) is 11.8 Å². The number of benzene rings is 1. The fourth-order valence-corrected chi connectivity index (χ4v) is 3.57. The molecule has 1 atom stereocenters. The van der Waals surface area contributed by atoms with Gasteiger partial charge in [-0.3, -0.25) is 9.59 Å². The minimum atomic E-state index is -3.10. The first-order chi connectivity index (χ1) is 13.8. The van der Waals surface area contributed by atoms with Gasteiger partial charge in [-0.25, -0.2) is 13.8 Å². The van der Waals surface area contributed by atoms with Gasteiger partial charge < -0.3 is 10.2 Å². The molecule has 10 heteroatoms. The van der Waals surface area contributed by atoms with E-state index in [4.69, 9.17) is 16.9 Å². The molecule has 0 spiro atoms. The zero-order valence-electron chi connectivity index (χ0n) is 14.9. The zero-order chi connectivity index (χ0) is 21.0. The van der Waals surface area contributed by atoms with Crippen LogP contribution < -0.4 is 5.32 Å². The number of nitrogens with zero attached hydrogens (tertiary/aromatic N) is 3. The number of nitrogens with one attached hydrogen (secondary N) is 1. The molecule has 3 rings (SSSR count). The lowest BCUT2D eigenvalue weighted by molar-refractivity contribution is -0.131. The van der Waals surface area contributed by atoms with E-state index in [9.17, 15) is 18.4 Å². The molecule has 2 aromatic rings. The SMILES string of the molecule is N#CC1CC(F)(F)CN1C(=O)CNC(=O)c1csc(C=Cc2ccc(Cl)cc2)n1. The van der Waals surface area contributed by atoms with Crippen LogP contribution in [0.1, 0.15) is 27.5 Å². The fourth-order valence-electron chi connectivity index (χ4n) is 2.75. The number of aromatic nitrogens is 1. The molecule has 2 heterocycles. The number of carbonyl (C=O) groups excluding carboxylic acids is 2. The Balaban J connectivity index is 1.56. The lowest BCUT2D eigenvalue weighted by Gasteiger charge is -2.19. The van der Waals surface area contributed by atoms with Gasteiger partial charge in [-0.2, -0.15) is 5.26 Å². The summed E-state index contributed by atoms with van der Waals surface area (Å²) < 4.78 is 26.8. The van der Waals surface area contributed by atoms with Crippen LogP contribution in [0.2, 0.25) is 5.02 Å². The van der Waals surface area contributed by atoms with Crippen LogP contribution in [0.25, 0.3) is 12.2 Å². The van der Waals surface area contributed by atoms with Gasteiger partial charge in [-0.1, -0.05) is 29.8 Å². The predicted octanol–water partition coefficient (Wildman–Crippen LogP) is 3.46. The molecule has 1 aliphatic heterocycles. The standard InChI is InChI=1S/C19H15ClF2N4O2S/c20-13-4-1-12(2-5-13)3-6-16-25-15(10-29-16)18(28)24-9-17(27)26-11-19(21,22)7-14(26)8-23/h1-6,10,14H,7,9,11H2,(H,24,28). The third kappa shape index (κ3) is 5.37. The number of thiazole rings is 1. The highest BCUT2D eigenvalue weighted by atomic mass is 35.5. The lowest BCUT2D eigenvalue weighted by atomic mass is 10.2. The highest BCUT2D eigenvalue weighted by Gasteiger charge is 2.47. The van der Waals surface area contributed by atoms with E-state index in [1.807, 2.05) is 18.2 Å². The molecule has 1 fully saturated rings. The minimum Gasteiger partial charge on any atom is -0.342 e. The maximum absolute atomic E-state index is 13.4. The number of nitriles is 1. The first kappa shape index (κ1) is 20.9. The number of rotatable bonds is 5. The molecule has 1 aliphatic rings. The number of likely N-dealkylation sites (tertiary alicyclic amines) is 1. The topological polar surface area (TPSA) is 86.1 Å². The van der Waals surface area contributed by atoms with E-state index < -0.39 is 43.3 Å². The Bertz CT molecular complexity index is 985. The van der Waals surface area contributed by atoms with Crippen LogP contribution in [0.15, 0.2) is 29.6 Å². The molecular weight excluding hydrogens is 422 g/mol. The van der Waals surface area contributed by atoms with Gasteiger partial charge in [-0.05, 0) is 23.8 Å². The number of hydrogen-bond donors (Lipinski definition) is 1. The lowest BCUT2D eigenvalue weighted by Crippen LogP contribution is -2.43. The van der Waals surface area contributed by atoms with Crippen LogP contribution in [0.3, 0.4) is 0 Å². The third-order valence-electron chi connectivity index (χ3n) is 4.18. The van der Waals surface area contributed by atoms with Crippen molar-refractivity contribution in [1.29, 1.82) is 5.26 Å². The van der Waals surface area contributed by atoms with Crippen LogP contribution in [-0.4, -0.2) is 46.8 Å². The normalized spacial score (nSPS) is 18.0. The Kier molecular flexibility index (Phi) is 6.25. The Morgan fingerprint density at radius 2 is 2.10 bits per heavy atom. The van der Waals surface area contributed by atoms with Crippen LogP contribution >= 0.6 is 22.9 Å². The van der Waals surface area contributed by atoms with E-state index in [0.717, 1.165) is 10.5 Å². The molecule has 0 aliphatic carbocycles. The molecule has 1 aromatic heterocycles. The maximum atomic E-state index is 13.4. The molecule has 0 bridgehead atoms. The van der Waals surface area contributed by atoms with Gasteiger partial charge in [0.1, 0.15) is 16.7 Å². The summed E-state index contributed by atoms with van der Waals surface area (Å²) in [7, 11) is 0. The number of halogens is 3. The van der Waals surface area contributed by atoms with Crippen LogP contribution in [-0.2, 0) is 4.79 Å². The molecule has 1 unspecified atom stereocenters. The third-order valence-corrected chi connectivity index (χ3v) is 5.24. The Morgan fingerprint density at radius 3 is 2.79 bits per heavy atom. The van der Waals surface area contributed by atoms with E-state index in [2.05, 4.69) is 10.3 Å². The summed E-state index contributed by atoms with van der Waals surface area (Å²) >= 11 is 7.07. The van der Waals surface area contributed by atoms with Crippen molar-refractivity contribution < 1.29 is 18.4 Å². The molecule has 0 saturated carbocycles. The number of carbonyl (C=O) groups is 2. The second-order valence-corrected chi connectivity index (χ2v) is 7.69. The monoisotopic (exact) mass is 436 g/mol. The summed E-state index contributed by atoms with van der Waals surface area (Å²) in [5.41, 5.74) is 1.03. The highest BCUT2D eigenvalue weighted by Crippen LogP contribution is 2.31. The van der Waals surface area contributed by atoms with Crippen LogP contribution in [0, 0.1) is 11.3 Å². The number of alkyl halides is 2. The van der Waals surface area contributed by atoms with E-state index in [1.165, 1.54) is 16.7 Å². The summed E-state index contributed by atoms with van der Waals surface area (Å²) in [4.78, 5) is 29.3. The van der Waals surface area contributed by atoms with Crippen LogP contribution in [0.5, 0.6) is 0 Å². The average Bonchev–Trinajstić information content (AvgIpc) is 3.29. The Labute approximate surface area is 174 Å². The molecule has 2 amide bonds. The first-order valence-electron chi connectivity index (χ1n) is 8.52. The van der Waals surface area contributed by atoms with Crippen molar-refractivity contribution in [2.75, 3.05) is 13.1 Å². The van der Waals surface area contributed by atoms with Gasteiger partial charge in [0.15, 0.2) is 0 Å². The molecule has 0 radical (unpaired) electrons. The molecule has 150 valence electrons. The Hall–Kier alpha value is -2.83. The number of hydrogen-bond acceptors (Lipinski definition) is 5. The van der Waals surface area contributed by atoms with E-state index in [-0.39, 0.29) is 5.69 Å². The van der Waals surface area contributed by atoms with Crippen molar-refractivity contribution in [2.45, 2.75) is 18.4 Å². The van der Waals surface area contributed by atoms with E-state index in [1.54, 1.807) is 24.3 Å². The number of amides is 2. The van der Waals surface area contributed by atoms with Crippen molar-refractivity contribution in [2.24, 2.45) is 0 Å². The maximum Gasteiger partial charge on any atom is 0.271 e. The summed E-state index contributed by atoms with van der Waals surface area (Å²) in [5, 5.41) is 14.0. The predicted molar refractivity (Wildman–Crippen MR) is 106 cm³/mol. The molecular formula is C19H15ClF2N4O2S. The van der Waals surface area contributed by atoms with Crippen LogP contribution in [0.4, 0.5) is 8.78 Å². The van der Waals surface area contributed by atoms with Crippen molar-refractivity contribution in [1.82, 2.24) is 15.2 Å². The molecule has 29 heavy (non-hydrogen) atoms. The van der Waals surface area contributed by atoms with Gasteiger partial charge >= 0.3 is 0 Å². The van der Waals surface area contributed by atoms with Crippen molar-refractivity contribution in [3.63, 3.8) is 0 Å². The van der Waals surface area contributed by atoms with E-state index >= 15 is 0 Å². The van der Waals surface area contributed by atoms with Gasteiger partial charge in [0, 0.05) is 16.8 Å². The van der Waals surface area contributed by atoms with Gasteiger partial charge in [0.2, 0.25) is 5.91 Å². The fraction of sp³-hybridized carbons (Fsp3) is 0.263. The van der Waals surface area contributed by atoms with Crippen molar-refractivity contribution >= 4 is 46.9 Å². The van der Waals surface area contributed by atoms with Gasteiger partial charge in [-0.15, -0.1) is 11.3 Å². The zero-order valence-corrected chi connectivity index (χ0v) is 16.5. The summed E-state index contributed by atoms with van der Waals surface area (Å²) in [6.45, 7) is -1.31. The molecule has 6 nitrogen and oxygen atoms in total. The quantitative estimate of drug-likeness (QED) is 0.777. The molecule has 1 N–H and O–H groups in total. The van der Waals surface area contributed by atoms with Gasteiger partial charge in [0.05, 0.1) is 19.2 Å². The smallest absolute Gasteiger partial charge is 0.271 e. The first-order valence-corrected chi connectivity index (χ1v) is 9.77. The largest absolute Gasteiger partial charge is 0.342 e. The summed E-state index contributed by atoms with van der Waals surface area (Å²) in [5.74, 6) is -4.43. The van der Waals surface area contributed by atoms with Crippen molar-refractivity contribution in [3.05, 3.63) is 50.9 Å². The summed E-state index contributed by atoms with van der Waals surface area (Å²) in [6, 6.07) is 7.68. The van der Waals surface area contributed by atoms with E-state index in [0.29, 0.717) is 10.0 Å². The average molecular weight is 437 g/mol. The van der Waals surface area contributed by atoms with Crippen molar-refractivity contribution in [3.8, 4) is 6.07 Å². The Morgan fingerprint density at radius 1 is 1.38 bits per heavy atom. The second kappa shape index (κ2) is 8.68. The minimum absolute atomic E-state index is 0.113.